The average molecular weight is 277 g/mol. The summed E-state index contributed by atoms with van der Waals surface area (Å²) in [7, 11) is 3.38. The molecule has 0 aliphatic heterocycles. The molecule has 1 unspecified atom stereocenters. The van der Waals surface area contributed by atoms with Crippen LogP contribution in [0, 0.1) is 5.41 Å². The van der Waals surface area contributed by atoms with Gasteiger partial charge >= 0.3 is 0 Å². The molecule has 0 spiro atoms. The summed E-state index contributed by atoms with van der Waals surface area (Å²) in [6, 6.07) is 4.29. The average Bonchev–Trinajstić information content (AvgIpc) is 2.43. The number of nitrogens with two attached hydrogens (primary N) is 1. The van der Waals surface area contributed by atoms with Gasteiger partial charge in [-0.1, -0.05) is 20.8 Å². The molecular weight excluding hydrogens is 250 g/mol. The fourth-order valence-electron chi connectivity index (χ4n) is 3.49. The van der Waals surface area contributed by atoms with E-state index in [1.54, 1.807) is 14.2 Å². The molecule has 0 amide bonds. The van der Waals surface area contributed by atoms with Crippen LogP contribution in [-0.4, -0.2) is 20.8 Å². The molecule has 1 atom stereocenters. The van der Waals surface area contributed by atoms with Crippen molar-refractivity contribution in [3.8, 4) is 11.5 Å². The van der Waals surface area contributed by atoms with Gasteiger partial charge in [-0.05, 0) is 59.9 Å². The Morgan fingerprint density at radius 3 is 2.25 bits per heavy atom. The van der Waals surface area contributed by atoms with Gasteiger partial charge in [-0.25, -0.2) is 0 Å². The fraction of sp³-hybridized carbons (Fsp3) is 0.647. The minimum absolute atomic E-state index is 0.0783. The molecule has 112 valence electrons. The molecule has 0 bridgehead atoms. The Bertz CT molecular complexity index is 496. The molecule has 2 rings (SSSR count). The minimum Gasteiger partial charge on any atom is -0.493 e. The Labute approximate surface area is 122 Å². The van der Waals surface area contributed by atoms with Gasteiger partial charge < -0.3 is 15.2 Å². The second-order valence-corrected chi connectivity index (χ2v) is 6.62. The number of ether oxygens (including phenoxy) is 2. The largest absolute Gasteiger partial charge is 0.493 e. The van der Waals surface area contributed by atoms with Gasteiger partial charge in [0.15, 0.2) is 11.5 Å². The van der Waals surface area contributed by atoms with Gasteiger partial charge in [-0.3, -0.25) is 0 Å². The lowest BCUT2D eigenvalue weighted by molar-refractivity contribution is 0.138. The molecule has 0 saturated heterocycles. The van der Waals surface area contributed by atoms with Crippen molar-refractivity contribution in [3.63, 3.8) is 0 Å². The van der Waals surface area contributed by atoms with Crippen LogP contribution in [0.25, 0.3) is 0 Å². The Morgan fingerprint density at radius 2 is 1.70 bits per heavy atom. The summed E-state index contributed by atoms with van der Waals surface area (Å²) in [6.07, 6.45) is 3.25. The number of hydrogen-bond donors (Lipinski definition) is 1. The lowest BCUT2D eigenvalue weighted by atomic mass is 9.55. The molecule has 1 aromatic rings. The smallest absolute Gasteiger partial charge is 0.161 e. The molecule has 0 fully saturated rings. The van der Waals surface area contributed by atoms with E-state index >= 15 is 0 Å². The summed E-state index contributed by atoms with van der Waals surface area (Å²) in [5.74, 6) is 1.63. The van der Waals surface area contributed by atoms with Crippen LogP contribution in [0.5, 0.6) is 11.5 Å². The van der Waals surface area contributed by atoms with Crippen molar-refractivity contribution in [2.75, 3.05) is 20.8 Å². The number of benzene rings is 1. The summed E-state index contributed by atoms with van der Waals surface area (Å²) < 4.78 is 10.9. The molecule has 0 saturated carbocycles. The standard InChI is InChI=1S/C17H27NO2/c1-16(2)7-6-12-10-14(19-4)15(20-5)11-13(12)17(16,3)8-9-18/h10-11H,6-9,18H2,1-5H3. The first-order chi connectivity index (χ1) is 9.39. The third kappa shape index (κ3) is 2.18. The van der Waals surface area contributed by atoms with Gasteiger partial charge in [0.2, 0.25) is 0 Å². The molecule has 1 aliphatic rings. The zero-order valence-corrected chi connectivity index (χ0v) is 13.4. The Kier molecular flexibility index (Phi) is 4.01. The number of aryl methyl sites for hydroxylation is 1. The first-order valence-electron chi connectivity index (χ1n) is 7.35. The zero-order valence-electron chi connectivity index (χ0n) is 13.4. The predicted molar refractivity (Wildman–Crippen MR) is 82.7 cm³/mol. The third-order valence-electron chi connectivity index (χ3n) is 5.36. The molecule has 1 aliphatic carbocycles. The van der Waals surface area contributed by atoms with Gasteiger partial charge in [0.1, 0.15) is 0 Å². The molecule has 3 nitrogen and oxygen atoms in total. The topological polar surface area (TPSA) is 44.5 Å². The van der Waals surface area contributed by atoms with E-state index in [4.69, 9.17) is 15.2 Å². The van der Waals surface area contributed by atoms with E-state index < -0.39 is 0 Å². The van der Waals surface area contributed by atoms with E-state index in [2.05, 4.69) is 32.9 Å². The van der Waals surface area contributed by atoms with Gasteiger partial charge in [0, 0.05) is 0 Å². The van der Waals surface area contributed by atoms with Crippen molar-refractivity contribution < 1.29 is 9.47 Å². The number of rotatable bonds is 4. The van der Waals surface area contributed by atoms with E-state index in [-0.39, 0.29) is 10.8 Å². The molecule has 0 radical (unpaired) electrons. The van der Waals surface area contributed by atoms with Crippen molar-refractivity contribution in [1.29, 1.82) is 0 Å². The number of hydrogen-bond acceptors (Lipinski definition) is 3. The van der Waals surface area contributed by atoms with Crippen LogP contribution in [0.2, 0.25) is 0 Å². The number of methoxy groups -OCH3 is 2. The van der Waals surface area contributed by atoms with Gasteiger partial charge in [-0.15, -0.1) is 0 Å². The lowest BCUT2D eigenvalue weighted by Crippen LogP contribution is -2.44. The molecule has 1 aromatic carbocycles. The fourth-order valence-corrected chi connectivity index (χ4v) is 3.49. The Hall–Kier alpha value is -1.22. The van der Waals surface area contributed by atoms with Crippen LogP contribution in [0.3, 0.4) is 0 Å². The van der Waals surface area contributed by atoms with Crippen LogP contribution < -0.4 is 15.2 Å². The van der Waals surface area contributed by atoms with Crippen LogP contribution in [-0.2, 0) is 11.8 Å². The van der Waals surface area contributed by atoms with Crippen molar-refractivity contribution in [1.82, 2.24) is 0 Å². The maximum Gasteiger partial charge on any atom is 0.161 e. The molecule has 2 N–H and O–H groups in total. The second kappa shape index (κ2) is 5.28. The summed E-state index contributed by atoms with van der Waals surface area (Å²) in [5, 5.41) is 0. The second-order valence-electron chi connectivity index (χ2n) is 6.62. The summed E-state index contributed by atoms with van der Waals surface area (Å²) in [5.41, 5.74) is 8.95. The summed E-state index contributed by atoms with van der Waals surface area (Å²) >= 11 is 0. The molecule has 3 heteroatoms. The van der Waals surface area contributed by atoms with Crippen LogP contribution in [0.4, 0.5) is 0 Å². The molecular formula is C17H27NO2. The SMILES string of the molecule is COc1cc2c(cc1OC)C(C)(CCN)C(C)(C)CC2. The molecule has 20 heavy (non-hydrogen) atoms. The highest BCUT2D eigenvalue weighted by atomic mass is 16.5. The quantitative estimate of drug-likeness (QED) is 0.918. The van der Waals surface area contributed by atoms with Crippen molar-refractivity contribution in [3.05, 3.63) is 23.3 Å². The van der Waals surface area contributed by atoms with E-state index in [1.807, 2.05) is 0 Å². The van der Waals surface area contributed by atoms with E-state index in [0.717, 1.165) is 24.3 Å². The Morgan fingerprint density at radius 1 is 1.10 bits per heavy atom. The van der Waals surface area contributed by atoms with Gasteiger partial charge in [0.05, 0.1) is 14.2 Å². The highest BCUT2D eigenvalue weighted by molar-refractivity contribution is 5.51. The van der Waals surface area contributed by atoms with E-state index in [0.29, 0.717) is 6.54 Å². The van der Waals surface area contributed by atoms with Crippen molar-refractivity contribution in [2.24, 2.45) is 11.1 Å². The highest BCUT2D eigenvalue weighted by Crippen LogP contribution is 2.53. The number of fused-ring (bicyclic) bond motifs is 1. The highest BCUT2D eigenvalue weighted by Gasteiger charge is 2.45. The summed E-state index contributed by atoms with van der Waals surface area (Å²) in [6.45, 7) is 7.74. The van der Waals surface area contributed by atoms with Crippen LogP contribution >= 0.6 is 0 Å². The van der Waals surface area contributed by atoms with Crippen LogP contribution in [0.15, 0.2) is 12.1 Å². The predicted octanol–water partition coefficient (Wildman–Crippen LogP) is 3.28. The van der Waals surface area contributed by atoms with Gasteiger partial charge in [0.25, 0.3) is 0 Å². The van der Waals surface area contributed by atoms with E-state index in [9.17, 15) is 0 Å². The monoisotopic (exact) mass is 277 g/mol. The lowest BCUT2D eigenvalue weighted by Gasteiger charge is -2.49. The summed E-state index contributed by atoms with van der Waals surface area (Å²) in [4.78, 5) is 0. The first-order valence-corrected chi connectivity index (χ1v) is 7.35. The Balaban J connectivity index is 2.62. The zero-order chi connectivity index (χ0) is 15.0. The minimum atomic E-state index is 0.0783. The molecule has 0 heterocycles. The maximum atomic E-state index is 5.89. The first kappa shape index (κ1) is 15.2. The normalized spacial score (nSPS) is 24.1. The van der Waals surface area contributed by atoms with Crippen molar-refractivity contribution >= 4 is 0 Å². The third-order valence-corrected chi connectivity index (χ3v) is 5.36. The molecule has 0 aromatic heterocycles. The van der Waals surface area contributed by atoms with Crippen LogP contribution in [0.1, 0.15) is 44.7 Å². The van der Waals surface area contributed by atoms with E-state index in [1.165, 1.54) is 17.5 Å². The maximum absolute atomic E-state index is 5.89. The van der Waals surface area contributed by atoms with Gasteiger partial charge in [-0.2, -0.15) is 0 Å². The van der Waals surface area contributed by atoms with Crippen molar-refractivity contribution in [2.45, 2.75) is 45.4 Å².